The number of carboxylic acid groups (broad SMARTS) is 1. The van der Waals surface area contributed by atoms with Crippen LogP contribution in [0.5, 0.6) is 5.75 Å². The highest BCUT2D eigenvalue weighted by Gasteiger charge is 2.36. The van der Waals surface area contributed by atoms with Gasteiger partial charge in [-0.2, -0.15) is 0 Å². The summed E-state index contributed by atoms with van der Waals surface area (Å²) in [4.78, 5) is 13.6. The van der Waals surface area contributed by atoms with Crippen molar-refractivity contribution in [1.29, 1.82) is 0 Å². The van der Waals surface area contributed by atoms with Gasteiger partial charge in [-0.25, -0.2) is 0 Å². The van der Waals surface area contributed by atoms with Crippen LogP contribution in [-0.2, 0) is 11.3 Å². The third kappa shape index (κ3) is 4.21. The van der Waals surface area contributed by atoms with Gasteiger partial charge in [-0.15, -0.1) is 0 Å². The number of aliphatic carboxylic acids is 1. The summed E-state index contributed by atoms with van der Waals surface area (Å²) in [6.07, 6.45) is 1.62. The smallest absolute Gasteiger partial charge is 0.309 e. The van der Waals surface area contributed by atoms with Crippen molar-refractivity contribution < 1.29 is 14.6 Å². The number of hydrogen-bond donors (Lipinski definition) is 1. The topological polar surface area (TPSA) is 49.8 Å². The first kappa shape index (κ1) is 15.8. The number of nitrogens with zero attached hydrogens (tertiary/aromatic N) is 1. The Morgan fingerprint density at radius 1 is 1.29 bits per heavy atom. The van der Waals surface area contributed by atoms with Crippen LogP contribution in [0.2, 0.25) is 0 Å². The first-order chi connectivity index (χ1) is 9.89. The van der Waals surface area contributed by atoms with Crippen LogP contribution in [0.15, 0.2) is 24.3 Å². The zero-order valence-electron chi connectivity index (χ0n) is 13.1. The van der Waals surface area contributed by atoms with Gasteiger partial charge in [0.15, 0.2) is 0 Å². The molecule has 0 radical (unpaired) electrons. The summed E-state index contributed by atoms with van der Waals surface area (Å²) in [7, 11) is 0. The van der Waals surface area contributed by atoms with E-state index in [4.69, 9.17) is 4.74 Å². The zero-order valence-corrected chi connectivity index (χ0v) is 13.1. The van der Waals surface area contributed by atoms with Crippen molar-refractivity contribution in [2.45, 2.75) is 46.3 Å². The Labute approximate surface area is 126 Å². The van der Waals surface area contributed by atoms with Crippen molar-refractivity contribution >= 4 is 5.97 Å². The number of piperidine rings is 1. The fourth-order valence-corrected chi connectivity index (χ4v) is 2.62. The Morgan fingerprint density at radius 3 is 2.33 bits per heavy atom. The van der Waals surface area contributed by atoms with E-state index in [0.717, 1.165) is 38.2 Å². The standard InChI is InChI=1S/C17H25NO3/c1-13(2)21-15-6-4-14(5-7-15)12-18-10-8-17(3,9-11-18)16(19)20/h4-7,13H,8-12H2,1-3H3,(H,19,20). The molecule has 1 fully saturated rings. The Balaban J connectivity index is 1.87. The summed E-state index contributed by atoms with van der Waals surface area (Å²) in [6.45, 7) is 8.44. The maximum atomic E-state index is 11.2. The van der Waals surface area contributed by atoms with Crippen molar-refractivity contribution in [3.05, 3.63) is 29.8 Å². The molecule has 1 N–H and O–H groups in total. The second kappa shape index (κ2) is 6.48. The minimum absolute atomic E-state index is 0.187. The summed E-state index contributed by atoms with van der Waals surface area (Å²) in [5, 5.41) is 9.24. The van der Waals surface area contributed by atoms with Crippen LogP contribution in [0.4, 0.5) is 0 Å². The molecular weight excluding hydrogens is 266 g/mol. The predicted octanol–water partition coefficient (Wildman–Crippen LogP) is 3.16. The molecule has 1 aromatic rings. The molecule has 0 atom stereocenters. The fraction of sp³-hybridized carbons (Fsp3) is 0.588. The second-order valence-electron chi connectivity index (χ2n) is 6.45. The average molecular weight is 291 g/mol. The molecule has 0 amide bonds. The first-order valence-corrected chi connectivity index (χ1v) is 7.60. The van der Waals surface area contributed by atoms with E-state index in [1.54, 1.807) is 0 Å². The van der Waals surface area contributed by atoms with Gasteiger partial charge in [-0.3, -0.25) is 9.69 Å². The minimum atomic E-state index is -0.669. The Morgan fingerprint density at radius 2 is 1.86 bits per heavy atom. The molecule has 1 aromatic carbocycles. The summed E-state index contributed by atoms with van der Waals surface area (Å²) < 4.78 is 5.63. The van der Waals surface area contributed by atoms with E-state index in [1.165, 1.54) is 5.56 Å². The van der Waals surface area contributed by atoms with E-state index in [-0.39, 0.29) is 6.10 Å². The molecule has 1 heterocycles. The molecule has 116 valence electrons. The SMILES string of the molecule is CC(C)Oc1ccc(CN2CCC(C)(C(=O)O)CC2)cc1. The van der Waals surface area contributed by atoms with Crippen molar-refractivity contribution in [2.75, 3.05) is 13.1 Å². The molecule has 4 nitrogen and oxygen atoms in total. The van der Waals surface area contributed by atoms with Crippen LogP contribution >= 0.6 is 0 Å². The van der Waals surface area contributed by atoms with Crippen molar-refractivity contribution in [3.63, 3.8) is 0 Å². The average Bonchev–Trinajstić information content (AvgIpc) is 2.43. The third-order valence-electron chi connectivity index (χ3n) is 4.18. The number of hydrogen-bond acceptors (Lipinski definition) is 3. The highest BCUT2D eigenvalue weighted by atomic mass is 16.5. The fourth-order valence-electron chi connectivity index (χ4n) is 2.62. The molecule has 2 rings (SSSR count). The van der Waals surface area contributed by atoms with Crippen LogP contribution in [-0.4, -0.2) is 35.2 Å². The summed E-state index contributed by atoms with van der Waals surface area (Å²) >= 11 is 0. The third-order valence-corrected chi connectivity index (χ3v) is 4.18. The number of benzene rings is 1. The number of carboxylic acids is 1. The first-order valence-electron chi connectivity index (χ1n) is 7.60. The highest BCUT2D eigenvalue weighted by Crippen LogP contribution is 2.31. The molecule has 21 heavy (non-hydrogen) atoms. The lowest BCUT2D eigenvalue weighted by Gasteiger charge is -2.36. The van der Waals surface area contributed by atoms with Gasteiger partial charge in [0.2, 0.25) is 0 Å². The number of likely N-dealkylation sites (tertiary alicyclic amines) is 1. The van der Waals surface area contributed by atoms with Crippen molar-refractivity contribution in [2.24, 2.45) is 5.41 Å². The molecule has 4 heteroatoms. The van der Waals surface area contributed by atoms with Crippen LogP contribution < -0.4 is 4.74 Å². The lowest BCUT2D eigenvalue weighted by atomic mass is 9.80. The number of rotatable bonds is 5. The van der Waals surface area contributed by atoms with Gasteiger partial charge in [0, 0.05) is 6.54 Å². The van der Waals surface area contributed by atoms with Crippen LogP contribution in [0, 0.1) is 5.41 Å². The molecule has 0 aliphatic carbocycles. The molecular formula is C17H25NO3. The molecule has 0 unspecified atom stereocenters. The van der Waals surface area contributed by atoms with Crippen LogP contribution in [0.25, 0.3) is 0 Å². The summed E-state index contributed by atoms with van der Waals surface area (Å²) in [6, 6.07) is 8.17. The van der Waals surface area contributed by atoms with E-state index < -0.39 is 11.4 Å². The van der Waals surface area contributed by atoms with Crippen LogP contribution in [0.3, 0.4) is 0 Å². The Kier molecular flexibility index (Phi) is 4.88. The van der Waals surface area contributed by atoms with E-state index >= 15 is 0 Å². The van der Waals surface area contributed by atoms with Gasteiger partial charge in [0.25, 0.3) is 0 Å². The normalized spacial score (nSPS) is 18.7. The maximum absolute atomic E-state index is 11.2. The van der Waals surface area contributed by atoms with Gasteiger partial charge in [0.1, 0.15) is 5.75 Å². The van der Waals surface area contributed by atoms with Gasteiger partial charge >= 0.3 is 5.97 Å². The molecule has 1 saturated heterocycles. The molecule has 0 saturated carbocycles. The van der Waals surface area contributed by atoms with Crippen molar-refractivity contribution in [3.8, 4) is 5.75 Å². The van der Waals surface area contributed by atoms with Crippen molar-refractivity contribution in [1.82, 2.24) is 4.90 Å². The molecule has 0 aromatic heterocycles. The van der Waals surface area contributed by atoms with E-state index in [2.05, 4.69) is 17.0 Å². The number of carbonyl (C=O) groups is 1. The minimum Gasteiger partial charge on any atom is -0.491 e. The molecule has 1 aliphatic rings. The second-order valence-corrected chi connectivity index (χ2v) is 6.45. The Bertz CT molecular complexity index is 473. The summed E-state index contributed by atoms with van der Waals surface area (Å²) in [5.74, 6) is 0.225. The van der Waals surface area contributed by atoms with Gasteiger partial charge in [-0.1, -0.05) is 12.1 Å². The predicted molar refractivity (Wildman–Crippen MR) is 82.5 cm³/mol. The molecule has 1 aliphatic heterocycles. The molecule has 0 bridgehead atoms. The van der Waals surface area contributed by atoms with Crippen LogP contribution in [0.1, 0.15) is 39.2 Å². The molecule has 0 spiro atoms. The van der Waals surface area contributed by atoms with Gasteiger partial charge in [-0.05, 0) is 64.4 Å². The lowest BCUT2D eigenvalue weighted by Crippen LogP contribution is -2.42. The lowest BCUT2D eigenvalue weighted by molar-refractivity contribution is -0.150. The highest BCUT2D eigenvalue weighted by molar-refractivity contribution is 5.74. The zero-order chi connectivity index (χ0) is 15.5. The van der Waals surface area contributed by atoms with E-state index in [0.29, 0.717) is 0 Å². The van der Waals surface area contributed by atoms with E-state index in [9.17, 15) is 9.90 Å². The Hall–Kier alpha value is -1.55. The number of ether oxygens (including phenoxy) is 1. The monoisotopic (exact) mass is 291 g/mol. The maximum Gasteiger partial charge on any atom is 0.309 e. The largest absolute Gasteiger partial charge is 0.491 e. The van der Waals surface area contributed by atoms with Gasteiger partial charge in [0.05, 0.1) is 11.5 Å². The summed E-state index contributed by atoms with van der Waals surface area (Å²) in [5.41, 5.74) is 0.691. The quantitative estimate of drug-likeness (QED) is 0.905. The van der Waals surface area contributed by atoms with E-state index in [1.807, 2.05) is 32.9 Å². The van der Waals surface area contributed by atoms with Gasteiger partial charge < -0.3 is 9.84 Å².